The Morgan fingerprint density at radius 2 is 0.358 bits per heavy atom. The summed E-state index contributed by atoms with van der Waals surface area (Å²) in [7, 11) is 0. The zero-order chi connectivity index (χ0) is 106. The van der Waals surface area contributed by atoms with Gasteiger partial charge >= 0.3 is 0 Å². The summed E-state index contributed by atoms with van der Waals surface area (Å²) in [5.41, 5.74) is 19.9. The van der Waals surface area contributed by atoms with Crippen LogP contribution in [0.1, 0.15) is 560 Å². The van der Waals surface area contributed by atoms with Gasteiger partial charge in [0.25, 0.3) is 0 Å². The molecule has 137 heavy (non-hydrogen) atoms. The quantitative estimate of drug-likeness (QED) is 0.0266. The van der Waals surface area contributed by atoms with Crippen molar-refractivity contribution in [2.75, 3.05) is 0 Å². The lowest BCUT2D eigenvalue weighted by molar-refractivity contribution is 0.383. The molecule has 0 fully saturated rings. The Morgan fingerprint density at radius 1 is 0.175 bits per heavy atom. The van der Waals surface area contributed by atoms with E-state index in [1.165, 1.54) is 90.3 Å². The summed E-state index contributed by atoms with van der Waals surface area (Å²) < 4.78 is 73.2. The third-order valence-corrected chi connectivity index (χ3v) is 38.9. The fraction of sp³-hybridized carbons (Fsp3) is 0.662. The largest absolute Gasteiger partial charge is 0.238 e. The van der Waals surface area contributed by atoms with Gasteiger partial charge in [0.05, 0.1) is 13.1 Å². The van der Waals surface area contributed by atoms with Gasteiger partial charge in [0.15, 0.2) is 11.4 Å². The topological polar surface area (TPSA) is 8.72 Å². The molecule has 0 aliphatic rings. The van der Waals surface area contributed by atoms with Crippen molar-refractivity contribution in [2.24, 2.45) is 0 Å². The van der Waals surface area contributed by atoms with Crippen molar-refractivity contribution in [1.82, 2.24) is 0 Å². The molecule has 0 radical (unpaired) electrons. The highest BCUT2D eigenvalue weighted by Crippen LogP contribution is 2.49. The fourth-order valence-electron chi connectivity index (χ4n) is 19.8. The summed E-state index contributed by atoms with van der Waals surface area (Å²) >= 11 is 0. The number of halogens is 5. The first kappa shape index (κ1) is 128. The minimum absolute atomic E-state index is 0.0145. The second-order valence-corrected chi connectivity index (χ2v) is 44.8. The molecule has 0 saturated carbocycles. The van der Waals surface area contributed by atoms with Crippen LogP contribution in [0.4, 0.5) is 33.3 Å². The van der Waals surface area contributed by atoms with Gasteiger partial charge in [-0.05, 0) is 378 Å². The Kier molecular flexibility index (Phi) is 52.1. The average Bonchev–Trinajstić information content (AvgIpc) is 0.755. The van der Waals surface area contributed by atoms with Crippen LogP contribution in [0.2, 0.25) is 0 Å². The summed E-state index contributed by atoms with van der Waals surface area (Å²) in [6, 6.07) is 39.8. The van der Waals surface area contributed by atoms with Crippen LogP contribution in [0.15, 0.2) is 115 Å². The van der Waals surface area contributed by atoms with Crippen molar-refractivity contribution in [3.8, 4) is 0 Å². The van der Waals surface area contributed by atoms with Gasteiger partial charge in [-0.2, -0.15) is 0 Å². The number of benzene rings is 7. The fourth-order valence-corrected chi connectivity index (χ4v) is 19.8. The highest BCUT2D eigenvalue weighted by Gasteiger charge is 2.39. The molecular formula is C130H207F5N2. The maximum Gasteiger partial charge on any atom is 0.194 e. The Hall–Kier alpha value is -6.83. The van der Waals surface area contributed by atoms with Gasteiger partial charge in [0.1, 0.15) is 29.1 Å². The SMILES string of the molecule is CCC(C)(CC)c1cc(C)c(C(C)(CC)CC)c(F)c1.CCC(C)(CC)c1cc(F)c(C(C)(CC)CC)c(F)c1.CCC(C)(CC)c1ccc(C(C)(CC)CC)c(C)c1.CCC(C)(CC)c1ccc(C(C)(CC)CC)c(F)c1.CCC(C)(CC)c1ccc(C(C)(CC)CC)cc1.[C-]#[N+]c1cc(C(C)(CC)CC)cc(F)c1C(C)(CC)CC.[C-]#[N+]c1cc(C(C)(CC)CC)ccc1C(C)(CC)CC. The van der Waals surface area contributed by atoms with E-state index in [4.69, 9.17) is 13.1 Å². The van der Waals surface area contributed by atoms with Crippen LogP contribution in [0, 0.1) is 56.1 Å². The summed E-state index contributed by atoms with van der Waals surface area (Å²) in [5, 5.41) is 0. The van der Waals surface area contributed by atoms with Crippen LogP contribution in [0.5, 0.6) is 0 Å². The molecule has 7 aromatic carbocycles. The molecule has 0 atom stereocenters. The average molecular weight is 1890 g/mol. The Morgan fingerprint density at radius 3 is 0.635 bits per heavy atom. The highest BCUT2D eigenvalue weighted by molar-refractivity contribution is 5.60. The minimum Gasteiger partial charge on any atom is -0.238 e. The Bertz CT molecular complexity index is 4540. The third-order valence-electron chi connectivity index (χ3n) is 38.9. The van der Waals surface area contributed by atoms with E-state index < -0.39 is 5.41 Å². The summed E-state index contributed by atoms with van der Waals surface area (Å²) in [6.07, 6.45) is 28.9. The number of hydrogen-bond donors (Lipinski definition) is 0. The molecule has 7 rings (SSSR count). The molecule has 0 saturated heterocycles. The molecule has 7 heteroatoms. The number of hydrogen-bond acceptors (Lipinski definition) is 0. The summed E-state index contributed by atoms with van der Waals surface area (Å²) in [5.74, 6) is -1.03. The molecule has 0 aliphatic carbocycles. The molecule has 0 aliphatic heterocycles. The van der Waals surface area contributed by atoms with Gasteiger partial charge in [-0.25, -0.2) is 31.6 Å². The molecule has 0 heterocycles. The maximum atomic E-state index is 14.8. The second-order valence-electron chi connectivity index (χ2n) is 44.8. The predicted molar refractivity (Wildman–Crippen MR) is 598 cm³/mol. The lowest BCUT2D eigenvalue weighted by atomic mass is 9.72. The minimum atomic E-state index is -0.429. The van der Waals surface area contributed by atoms with Crippen LogP contribution in [0.25, 0.3) is 9.69 Å². The van der Waals surface area contributed by atoms with E-state index in [1.54, 1.807) is 30.3 Å². The van der Waals surface area contributed by atoms with Gasteiger partial charge < -0.3 is 0 Å². The van der Waals surface area contributed by atoms with Crippen LogP contribution in [-0.2, 0) is 75.8 Å². The van der Waals surface area contributed by atoms with E-state index in [-0.39, 0.29) is 83.4 Å². The molecule has 0 bridgehead atoms. The monoisotopic (exact) mass is 1890 g/mol. The zero-order valence-electron chi connectivity index (χ0n) is 97.1. The first-order chi connectivity index (χ1) is 63.9. The maximum absolute atomic E-state index is 14.8. The van der Waals surface area contributed by atoms with Crippen LogP contribution < -0.4 is 0 Å². The third kappa shape index (κ3) is 30.4. The first-order valence-corrected chi connectivity index (χ1v) is 55.0. The molecule has 0 spiro atoms. The predicted octanol–water partition coefficient (Wildman–Crippen LogP) is 43.3. The van der Waals surface area contributed by atoms with Crippen LogP contribution in [0.3, 0.4) is 0 Å². The number of nitrogens with zero attached hydrogens (tertiary/aromatic N) is 2. The first-order valence-electron chi connectivity index (χ1n) is 55.0. The van der Waals surface area contributed by atoms with E-state index in [0.717, 1.165) is 173 Å². The Balaban J connectivity index is 0.000000799. The van der Waals surface area contributed by atoms with Gasteiger partial charge in [-0.15, -0.1) is 0 Å². The second kappa shape index (κ2) is 55.7. The summed E-state index contributed by atoms with van der Waals surface area (Å²) in [4.78, 5) is 7.47. The van der Waals surface area contributed by atoms with E-state index in [2.05, 4.69) is 366 Å². The van der Waals surface area contributed by atoms with E-state index in [0.29, 0.717) is 32.9 Å². The van der Waals surface area contributed by atoms with Crippen molar-refractivity contribution < 1.29 is 22.0 Å². The van der Waals surface area contributed by atoms with E-state index in [9.17, 15) is 22.0 Å². The highest BCUT2D eigenvalue weighted by atomic mass is 19.1. The van der Waals surface area contributed by atoms with Crippen molar-refractivity contribution in [2.45, 2.75) is 560 Å². The number of rotatable bonds is 42. The summed E-state index contributed by atoms with van der Waals surface area (Å²) in [6.45, 7) is 112. The van der Waals surface area contributed by atoms with Crippen molar-refractivity contribution >= 4 is 11.4 Å². The van der Waals surface area contributed by atoms with E-state index >= 15 is 0 Å². The molecule has 0 N–H and O–H groups in total. The standard InChI is InChI=1S/C19H28FN.C19H31F.C19H29N.C19H32.C18H28F2.C18H29F.C18H30/c1-8-18(5,9-2)14-12-15(20)17(16(13-14)21-7)19(6,10-3)11-4;1-8-18(6,9-2)15-12-14(5)17(16(20)13-15)19(7,10-3)11-4;1-8-18(5,9-2)15-12-13-16(17(14-15)20-7)19(6,10-3)11-4;1-8-18(6,9-2)16-12-13-17(15(5)14-16)19(7,10-3)11-4;1-7-17(5,8-2)13-11-14(19)16(15(20)12-13)18(6,9-3)10-4;1-7-17(5,8-2)14-11-12-15(16(19)13-14)18(6,9-3)10-4;1-7-17(5,8-2)15-11-13-16(14-12-15)18(6,9-3)10-4/h12-13H,8-11H2,1-6H3;12-13H,8-11H2,1-7H3;12-14H,8-11H2,1-6H3;12-14H,8-11H2,1-7H3;11-12H,7-10H2,1-6H3;11-13H,7-10H2,1-6H3;11-14H,7-10H2,1-6H3. The van der Waals surface area contributed by atoms with Crippen LogP contribution in [-0.4, -0.2) is 0 Å². The van der Waals surface area contributed by atoms with Crippen LogP contribution >= 0.6 is 0 Å². The Labute approximate surface area is 844 Å². The van der Waals surface area contributed by atoms with E-state index in [1.807, 2.05) is 32.9 Å². The molecule has 0 aromatic heterocycles. The lowest BCUT2D eigenvalue weighted by Crippen LogP contribution is -2.26. The molecule has 0 amide bonds. The van der Waals surface area contributed by atoms with Gasteiger partial charge in [0, 0.05) is 5.56 Å². The molecule has 772 valence electrons. The lowest BCUT2D eigenvalue weighted by Gasteiger charge is -2.33. The van der Waals surface area contributed by atoms with Gasteiger partial charge in [-0.3, -0.25) is 0 Å². The smallest absolute Gasteiger partial charge is 0.194 e. The molecular weight excluding hydrogens is 1680 g/mol. The molecule has 2 nitrogen and oxygen atoms in total. The normalized spacial score (nSPS) is 12.6. The van der Waals surface area contributed by atoms with Gasteiger partial charge in [0.2, 0.25) is 0 Å². The molecule has 0 unspecified atom stereocenters. The van der Waals surface area contributed by atoms with Crippen molar-refractivity contribution in [3.05, 3.63) is 256 Å². The zero-order valence-corrected chi connectivity index (χ0v) is 97.1. The van der Waals surface area contributed by atoms with Crippen molar-refractivity contribution in [3.63, 3.8) is 0 Å². The molecule has 7 aromatic rings. The number of aryl methyl sites for hydroxylation is 2. The van der Waals surface area contributed by atoms with Gasteiger partial charge in [-0.1, -0.05) is 381 Å². The van der Waals surface area contributed by atoms with Crippen molar-refractivity contribution in [1.29, 1.82) is 0 Å².